The molecule has 1 heterocycles. The largest absolute Gasteiger partial charge is 0.479 e. The van der Waals surface area contributed by atoms with E-state index in [1.165, 1.54) is 12.1 Å². The molecule has 0 fully saturated rings. The molecule has 0 saturated carbocycles. The van der Waals surface area contributed by atoms with Gasteiger partial charge in [0.25, 0.3) is 5.56 Å². The van der Waals surface area contributed by atoms with Crippen LogP contribution >= 0.6 is 0 Å². The summed E-state index contributed by atoms with van der Waals surface area (Å²) in [6, 6.07) is 14.6. The van der Waals surface area contributed by atoms with E-state index in [0.29, 0.717) is 5.56 Å². The Balaban J connectivity index is 1.80. The van der Waals surface area contributed by atoms with Crippen molar-refractivity contribution in [1.29, 1.82) is 0 Å². The van der Waals surface area contributed by atoms with Gasteiger partial charge in [0.2, 0.25) is 5.76 Å². The number of hydrogen-bond donors (Lipinski definition) is 4. The number of amides is 1. The Morgan fingerprint density at radius 2 is 1.87 bits per heavy atom. The minimum atomic E-state index is -1.84. The summed E-state index contributed by atoms with van der Waals surface area (Å²) in [5, 5.41) is 21.6. The molecule has 156 valence electrons. The number of carboxylic acids is 1. The van der Waals surface area contributed by atoms with Crippen molar-refractivity contribution in [3.8, 4) is 11.1 Å². The van der Waals surface area contributed by atoms with E-state index in [9.17, 15) is 23.9 Å². The Bertz CT molecular complexity index is 1100. The molecule has 0 unspecified atom stereocenters. The van der Waals surface area contributed by atoms with Crippen LogP contribution in [-0.4, -0.2) is 44.9 Å². The molecule has 4 N–H and O–H groups in total. The zero-order valence-corrected chi connectivity index (χ0v) is 15.5. The predicted molar refractivity (Wildman–Crippen MR) is 103 cm³/mol. The Kier molecular flexibility index (Phi) is 6.40. The van der Waals surface area contributed by atoms with E-state index in [2.05, 4.69) is 9.95 Å². The molecule has 1 aromatic heterocycles. The number of hydrogen-bond acceptors (Lipinski definition) is 6. The van der Waals surface area contributed by atoms with Crippen molar-refractivity contribution in [2.75, 3.05) is 6.54 Å². The van der Waals surface area contributed by atoms with Crippen LogP contribution in [0.4, 0.5) is 4.39 Å². The number of aliphatic hydroxyl groups is 1. The van der Waals surface area contributed by atoms with Crippen molar-refractivity contribution in [3.05, 3.63) is 82.1 Å². The molecule has 2 aromatic carbocycles. The fraction of sp³-hybridized carbons (Fsp3) is 0.150. The van der Waals surface area contributed by atoms with Crippen molar-refractivity contribution in [1.82, 2.24) is 15.6 Å². The van der Waals surface area contributed by atoms with Crippen LogP contribution < -0.4 is 11.0 Å². The van der Waals surface area contributed by atoms with Crippen LogP contribution in [0, 0.1) is 5.82 Å². The summed E-state index contributed by atoms with van der Waals surface area (Å²) in [5.74, 6) is -3.31. The van der Waals surface area contributed by atoms with Crippen LogP contribution in [0.15, 0.2) is 63.9 Å². The molecule has 30 heavy (non-hydrogen) atoms. The lowest BCUT2D eigenvalue weighted by molar-refractivity contribution is -0.148. The van der Waals surface area contributed by atoms with Gasteiger partial charge >= 0.3 is 11.9 Å². The lowest BCUT2D eigenvalue weighted by Crippen LogP contribution is -2.47. The Labute approximate surface area is 169 Å². The zero-order chi connectivity index (χ0) is 21.7. The molecule has 0 spiro atoms. The van der Waals surface area contributed by atoms with E-state index in [-0.39, 0.29) is 17.9 Å². The molecular formula is C20H18FN3O6. The number of nitrogens with one attached hydrogen (secondary N) is 2. The van der Waals surface area contributed by atoms with Crippen LogP contribution in [0.25, 0.3) is 11.1 Å². The molecule has 0 bridgehead atoms. The number of nitrogens with zero attached hydrogens (tertiary/aromatic N) is 1. The van der Waals surface area contributed by atoms with Gasteiger partial charge in [-0.05, 0) is 17.2 Å². The average Bonchev–Trinajstić information content (AvgIpc) is 3.16. The lowest BCUT2D eigenvalue weighted by atomic mass is 10.0. The maximum Gasteiger partial charge on any atom is 0.333 e. The summed E-state index contributed by atoms with van der Waals surface area (Å²) in [5.41, 5.74) is 3.28. The Hall–Kier alpha value is -3.76. The second kappa shape index (κ2) is 9.16. The molecule has 0 radical (unpaired) electrons. The number of aromatic nitrogens is 1. The highest BCUT2D eigenvalue weighted by Crippen LogP contribution is 2.22. The number of aromatic amines is 1. The van der Waals surface area contributed by atoms with Gasteiger partial charge in [0, 0.05) is 12.1 Å². The first kappa shape index (κ1) is 21.0. The quantitative estimate of drug-likeness (QED) is 0.408. The fourth-order valence-electron chi connectivity index (χ4n) is 2.72. The van der Waals surface area contributed by atoms with Gasteiger partial charge in [-0.1, -0.05) is 42.5 Å². The van der Waals surface area contributed by atoms with Crippen LogP contribution in [0.5, 0.6) is 0 Å². The van der Waals surface area contributed by atoms with Crippen LogP contribution in [0.1, 0.15) is 16.1 Å². The third-order valence-corrected chi connectivity index (χ3v) is 4.21. The van der Waals surface area contributed by atoms with E-state index in [0.717, 1.165) is 16.6 Å². The highest BCUT2D eigenvalue weighted by Gasteiger charge is 2.22. The number of carbonyl (C=O) groups excluding carboxylic acids is 1. The lowest BCUT2D eigenvalue weighted by Gasteiger charge is -2.24. The van der Waals surface area contributed by atoms with Crippen molar-refractivity contribution < 1.29 is 28.7 Å². The number of hydrazine groups is 1. The summed E-state index contributed by atoms with van der Waals surface area (Å²) in [6.07, 6.45) is -1.84. The minimum Gasteiger partial charge on any atom is -0.479 e. The molecule has 0 aliphatic heterocycles. The topological polar surface area (TPSA) is 136 Å². The molecule has 3 aromatic rings. The highest BCUT2D eigenvalue weighted by atomic mass is 19.1. The first-order valence-electron chi connectivity index (χ1n) is 8.82. The summed E-state index contributed by atoms with van der Waals surface area (Å²) in [4.78, 5) is 34.3. The average molecular weight is 415 g/mol. The molecule has 0 aliphatic carbocycles. The fourth-order valence-corrected chi connectivity index (χ4v) is 2.72. The zero-order valence-electron chi connectivity index (χ0n) is 15.5. The third kappa shape index (κ3) is 5.19. The number of carboxylic acid groups (broad SMARTS) is 1. The normalized spacial score (nSPS) is 12.0. The van der Waals surface area contributed by atoms with Gasteiger partial charge in [-0.2, -0.15) is 5.16 Å². The monoisotopic (exact) mass is 415 g/mol. The van der Waals surface area contributed by atoms with Gasteiger partial charge in [-0.25, -0.2) is 14.2 Å². The maximum absolute atomic E-state index is 14.7. The second-order valence-electron chi connectivity index (χ2n) is 6.42. The van der Waals surface area contributed by atoms with Crippen molar-refractivity contribution in [3.63, 3.8) is 0 Å². The number of halogens is 1. The summed E-state index contributed by atoms with van der Waals surface area (Å²) in [7, 11) is 0. The molecule has 9 nitrogen and oxygen atoms in total. The predicted octanol–water partition coefficient (Wildman–Crippen LogP) is 1.37. The van der Waals surface area contributed by atoms with Gasteiger partial charge in [0.15, 0.2) is 6.10 Å². The van der Waals surface area contributed by atoms with E-state index in [4.69, 9.17) is 5.11 Å². The molecule has 3 rings (SSSR count). The molecular weight excluding hydrogens is 397 g/mol. The highest BCUT2D eigenvalue weighted by molar-refractivity contribution is 5.90. The van der Waals surface area contributed by atoms with Crippen LogP contribution in [0.2, 0.25) is 0 Å². The second-order valence-corrected chi connectivity index (χ2v) is 6.42. The number of benzene rings is 2. The molecule has 0 saturated heterocycles. The SMILES string of the molecule is O=C(NN(Cc1ccc(-c2ccccc2)cc1F)C[C@@H](O)C(=O)O)c1cc(=O)[nH]o1. The molecule has 1 amide bonds. The maximum atomic E-state index is 14.7. The molecule has 1 atom stereocenters. The number of H-pyrrole nitrogens is 1. The van der Waals surface area contributed by atoms with Crippen molar-refractivity contribution >= 4 is 11.9 Å². The number of aliphatic carboxylic acids is 1. The standard InChI is InChI=1S/C20H18FN3O6/c21-15-8-13(12-4-2-1-3-5-12)6-7-14(15)10-24(11-16(25)20(28)29)22-19(27)17-9-18(26)23-30-17/h1-9,16,25H,10-11H2,(H,22,27)(H,23,26)(H,28,29)/t16-/m1/s1. The van der Waals surface area contributed by atoms with Crippen LogP contribution in [-0.2, 0) is 11.3 Å². The summed E-state index contributed by atoms with van der Waals surface area (Å²) < 4.78 is 19.4. The van der Waals surface area contributed by atoms with Crippen LogP contribution in [0.3, 0.4) is 0 Å². The van der Waals surface area contributed by atoms with E-state index in [1.807, 2.05) is 35.5 Å². The Morgan fingerprint density at radius 3 is 2.47 bits per heavy atom. The Morgan fingerprint density at radius 1 is 1.13 bits per heavy atom. The smallest absolute Gasteiger partial charge is 0.333 e. The van der Waals surface area contributed by atoms with E-state index < -0.39 is 35.9 Å². The summed E-state index contributed by atoms with van der Waals surface area (Å²) in [6.45, 7) is -0.777. The number of aliphatic hydroxyl groups excluding tert-OH is 1. The van der Waals surface area contributed by atoms with Gasteiger partial charge in [-0.15, -0.1) is 0 Å². The first-order valence-corrected chi connectivity index (χ1v) is 8.82. The minimum absolute atomic E-state index is 0.156. The summed E-state index contributed by atoms with van der Waals surface area (Å²) >= 11 is 0. The van der Waals surface area contributed by atoms with Crippen molar-refractivity contribution in [2.24, 2.45) is 0 Å². The van der Waals surface area contributed by atoms with E-state index >= 15 is 0 Å². The number of rotatable bonds is 8. The molecule has 10 heteroatoms. The van der Waals surface area contributed by atoms with Gasteiger partial charge in [0.1, 0.15) is 5.82 Å². The van der Waals surface area contributed by atoms with E-state index in [1.54, 1.807) is 6.07 Å². The first-order chi connectivity index (χ1) is 14.3. The third-order valence-electron chi connectivity index (χ3n) is 4.21. The van der Waals surface area contributed by atoms with Gasteiger partial charge < -0.3 is 14.7 Å². The number of carbonyl (C=O) groups is 2. The van der Waals surface area contributed by atoms with Gasteiger partial charge in [0.05, 0.1) is 12.6 Å². The molecule has 0 aliphatic rings. The van der Waals surface area contributed by atoms with Crippen molar-refractivity contribution in [2.45, 2.75) is 12.6 Å². The van der Waals surface area contributed by atoms with Gasteiger partial charge in [-0.3, -0.25) is 15.0 Å².